The summed E-state index contributed by atoms with van der Waals surface area (Å²) in [6, 6.07) is 10.4. The summed E-state index contributed by atoms with van der Waals surface area (Å²) < 4.78 is 0. The van der Waals surface area contributed by atoms with Gasteiger partial charge in [0.05, 0.1) is 5.25 Å². The van der Waals surface area contributed by atoms with Gasteiger partial charge in [-0.05, 0) is 31.2 Å². The van der Waals surface area contributed by atoms with Gasteiger partial charge in [0.1, 0.15) is 0 Å². The molecule has 1 heterocycles. The second kappa shape index (κ2) is 6.99. The fourth-order valence-electron chi connectivity index (χ4n) is 2.51. The van der Waals surface area contributed by atoms with Gasteiger partial charge in [0.25, 0.3) is 0 Å². The van der Waals surface area contributed by atoms with E-state index in [1.165, 1.54) is 12.0 Å². The van der Waals surface area contributed by atoms with E-state index in [0.717, 1.165) is 25.3 Å². The second-order valence-electron chi connectivity index (χ2n) is 5.47. The minimum Gasteiger partial charge on any atom is -0.341 e. The van der Waals surface area contributed by atoms with Gasteiger partial charge >= 0.3 is 0 Å². The average molecular weight is 277 g/mol. The molecule has 0 saturated carbocycles. The molecule has 0 aliphatic carbocycles. The van der Waals surface area contributed by atoms with Crippen molar-refractivity contribution in [3.05, 3.63) is 35.9 Å². The highest BCUT2D eigenvalue weighted by atomic mass is 32.2. The molecular formula is C16H23NOS. The maximum atomic E-state index is 12.4. The Morgan fingerprint density at radius 3 is 2.84 bits per heavy atom. The molecule has 0 bridgehead atoms. The number of thioether (sulfide) groups is 1. The molecule has 104 valence electrons. The van der Waals surface area contributed by atoms with E-state index in [1.54, 1.807) is 11.8 Å². The number of piperidine rings is 1. The average Bonchev–Trinajstić information content (AvgIpc) is 2.45. The Morgan fingerprint density at radius 2 is 2.16 bits per heavy atom. The van der Waals surface area contributed by atoms with Crippen molar-refractivity contribution in [1.82, 2.24) is 4.90 Å². The third kappa shape index (κ3) is 4.27. The summed E-state index contributed by atoms with van der Waals surface area (Å²) in [6.45, 7) is 6.16. The van der Waals surface area contributed by atoms with Crippen LogP contribution in [0.4, 0.5) is 0 Å². The maximum Gasteiger partial charge on any atom is 0.235 e. The van der Waals surface area contributed by atoms with Crippen molar-refractivity contribution in [2.45, 2.75) is 37.7 Å². The lowest BCUT2D eigenvalue weighted by Crippen LogP contribution is -2.42. The second-order valence-corrected chi connectivity index (χ2v) is 6.80. The van der Waals surface area contributed by atoms with Gasteiger partial charge in [0.15, 0.2) is 0 Å². The van der Waals surface area contributed by atoms with Crippen LogP contribution in [0.5, 0.6) is 0 Å². The first-order valence-electron chi connectivity index (χ1n) is 7.11. The molecule has 3 heteroatoms. The van der Waals surface area contributed by atoms with E-state index < -0.39 is 0 Å². The van der Waals surface area contributed by atoms with Gasteiger partial charge < -0.3 is 4.90 Å². The van der Waals surface area contributed by atoms with Crippen molar-refractivity contribution in [1.29, 1.82) is 0 Å². The predicted octanol–water partition coefficient (Wildman–Crippen LogP) is 3.57. The summed E-state index contributed by atoms with van der Waals surface area (Å²) in [6.07, 6.45) is 2.41. The first kappa shape index (κ1) is 14.4. The molecule has 1 amide bonds. The van der Waals surface area contributed by atoms with E-state index in [0.29, 0.717) is 11.8 Å². The third-order valence-corrected chi connectivity index (χ3v) is 4.86. The van der Waals surface area contributed by atoms with Crippen LogP contribution in [0.25, 0.3) is 0 Å². The van der Waals surface area contributed by atoms with Gasteiger partial charge in [-0.15, -0.1) is 11.8 Å². The van der Waals surface area contributed by atoms with E-state index >= 15 is 0 Å². The van der Waals surface area contributed by atoms with Crippen LogP contribution >= 0.6 is 11.8 Å². The fraction of sp³-hybridized carbons (Fsp3) is 0.562. The molecule has 0 aromatic heterocycles. The number of nitrogens with zero attached hydrogens (tertiary/aromatic N) is 1. The van der Waals surface area contributed by atoms with E-state index in [4.69, 9.17) is 0 Å². The number of amides is 1. The van der Waals surface area contributed by atoms with Crippen LogP contribution in [-0.4, -0.2) is 29.1 Å². The van der Waals surface area contributed by atoms with Gasteiger partial charge in [-0.1, -0.05) is 37.3 Å². The summed E-state index contributed by atoms with van der Waals surface area (Å²) >= 11 is 1.74. The van der Waals surface area contributed by atoms with Crippen LogP contribution in [0.1, 0.15) is 32.3 Å². The van der Waals surface area contributed by atoms with Crippen molar-refractivity contribution in [2.75, 3.05) is 13.1 Å². The molecule has 2 rings (SSSR count). The Morgan fingerprint density at radius 1 is 1.42 bits per heavy atom. The molecule has 1 aliphatic heterocycles. The van der Waals surface area contributed by atoms with Crippen LogP contribution in [0.2, 0.25) is 0 Å². The topological polar surface area (TPSA) is 20.3 Å². The van der Waals surface area contributed by atoms with E-state index in [-0.39, 0.29) is 5.25 Å². The summed E-state index contributed by atoms with van der Waals surface area (Å²) in [5.41, 5.74) is 1.29. The van der Waals surface area contributed by atoms with Crippen LogP contribution in [-0.2, 0) is 10.5 Å². The normalized spacial score (nSPS) is 21.2. The quantitative estimate of drug-likeness (QED) is 0.838. The summed E-state index contributed by atoms with van der Waals surface area (Å²) in [5, 5.41) is 0.0607. The highest BCUT2D eigenvalue weighted by Crippen LogP contribution is 2.22. The largest absolute Gasteiger partial charge is 0.341 e. The minimum absolute atomic E-state index is 0.0607. The molecule has 0 unspecified atom stereocenters. The standard InChI is InChI=1S/C16H23NOS/c1-13-7-6-10-17(11-13)16(18)14(2)19-12-15-8-4-3-5-9-15/h3-5,8-9,13-14H,6-7,10-12H2,1-2H3/t13-,14-/m1/s1. The molecule has 2 nitrogen and oxygen atoms in total. The number of carbonyl (C=O) groups excluding carboxylic acids is 1. The lowest BCUT2D eigenvalue weighted by atomic mass is 10.0. The molecule has 1 aromatic rings. The van der Waals surface area contributed by atoms with Crippen LogP contribution in [0.15, 0.2) is 30.3 Å². The number of carbonyl (C=O) groups is 1. The lowest BCUT2D eigenvalue weighted by molar-refractivity contribution is -0.131. The minimum atomic E-state index is 0.0607. The number of rotatable bonds is 4. The van der Waals surface area contributed by atoms with E-state index in [2.05, 4.69) is 36.1 Å². The first-order valence-corrected chi connectivity index (χ1v) is 8.16. The van der Waals surface area contributed by atoms with Crippen LogP contribution < -0.4 is 0 Å². The Bertz CT molecular complexity index is 406. The fourth-order valence-corrected chi connectivity index (χ4v) is 3.44. The van der Waals surface area contributed by atoms with Gasteiger partial charge in [-0.3, -0.25) is 4.79 Å². The van der Waals surface area contributed by atoms with Gasteiger partial charge in [-0.2, -0.15) is 0 Å². The maximum absolute atomic E-state index is 12.4. The molecule has 1 aromatic carbocycles. The molecule has 19 heavy (non-hydrogen) atoms. The zero-order valence-corrected chi connectivity index (χ0v) is 12.7. The highest BCUT2D eigenvalue weighted by molar-refractivity contribution is 7.99. The summed E-state index contributed by atoms with van der Waals surface area (Å²) in [5.74, 6) is 1.88. The number of hydrogen-bond donors (Lipinski definition) is 0. The Labute approximate surface area is 120 Å². The van der Waals surface area contributed by atoms with Crippen molar-refractivity contribution in [3.63, 3.8) is 0 Å². The third-order valence-electron chi connectivity index (χ3n) is 3.66. The zero-order chi connectivity index (χ0) is 13.7. The molecule has 0 radical (unpaired) electrons. The van der Waals surface area contributed by atoms with Crippen molar-refractivity contribution in [2.24, 2.45) is 5.92 Å². The van der Waals surface area contributed by atoms with E-state index in [1.807, 2.05) is 13.0 Å². The molecule has 1 saturated heterocycles. The predicted molar refractivity (Wildman–Crippen MR) is 82.2 cm³/mol. The summed E-state index contributed by atoms with van der Waals surface area (Å²) in [4.78, 5) is 14.4. The monoisotopic (exact) mass is 277 g/mol. The van der Waals surface area contributed by atoms with Crippen molar-refractivity contribution in [3.8, 4) is 0 Å². The Kier molecular flexibility index (Phi) is 5.32. The van der Waals surface area contributed by atoms with E-state index in [9.17, 15) is 4.79 Å². The van der Waals surface area contributed by atoms with Crippen molar-refractivity contribution >= 4 is 17.7 Å². The number of hydrogen-bond acceptors (Lipinski definition) is 2. The van der Waals surface area contributed by atoms with Gasteiger partial charge in [-0.25, -0.2) is 0 Å². The molecular weight excluding hydrogens is 254 g/mol. The summed E-state index contributed by atoms with van der Waals surface area (Å²) in [7, 11) is 0. The molecule has 1 fully saturated rings. The smallest absolute Gasteiger partial charge is 0.235 e. The SMILES string of the molecule is C[C@@H]1CCCN(C(=O)[C@@H](C)SCc2ccccc2)C1. The van der Waals surface area contributed by atoms with Crippen LogP contribution in [0, 0.1) is 5.92 Å². The van der Waals surface area contributed by atoms with Crippen molar-refractivity contribution < 1.29 is 4.79 Å². The highest BCUT2D eigenvalue weighted by Gasteiger charge is 2.24. The zero-order valence-electron chi connectivity index (χ0n) is 11.8. The van der Waals surface area contributed by atoms with Gasteiger partial charge in [0.2, 0.25) is 5.91 Å². The first-order chi connectivity index (χ1) is 9.16. The Hall–Kier alpha value is -0.960. The lowest BCUT2D eigenvalue weighted by Gasteiger charge is -2.32. The number of benzene rings is 1. The molecule has 1 aliphatic rings. The Balaban J connectivity index is 1.82. The van der Waals surface area contributed by atoms with Gasteiger partial charge in [0, 0.05) is 18.8 Å². The van der Waals surface area contributed by atoms with Crippen LogP contribution in [0.3, 0.4) is 0 Å². The molecule has 2 atom stereocenters. The molecule has 0 N–H and O–H groups in total. The number of likely N-dealkylation sites (tertiary alicyclic amines) is 1. The molecule has 0 spiro atoms.